The number of carbonyl (C=O) groups is 4. The quantitative estimate of drug-likeness (QED) is 0.567. The highest BCUT2D eigenvalue weighted by molar-refractivity contribution is 6.34. The number of morpholine rings is 1. The molecule has 2 rings (SSSR count). The maximum atomic E-state index is 12.3. The van der Waals surface area contributed by atoms with Crippen LogP contribution in [-0.2, 0) is 23.9 Å². The molecular weight excluding hydrogens is 344 g/mol. The van der Waals surface area contributed by atoms with Gasteiger partial charge in [0.15, 0.2) is 0 Å². The molecule has 0 aromatic rings. The van der Waals surface area contributed by atoms with Crippen molar-refractivity contribution >= 4 is 23.8 Å². The molecule has 26 heavy (non-hydrogen) atoms. The van der Waals surface area contributed by atoms with Gasteiger partial charge in [0.25, 0.3) is 0 Å². The topological polar surface area (TPSA) is 99.7 Å². The lowest BCUT2D eigenvalue weighted by Crippen LogP contribution is -2.56. The standard InChI is InChI=1S/C16H26N4O6/c1-3-26-16(24)17(2)12-13(21)18-4-6-19(7-5-18)14(22)15(23)20-8-10-25-11-9-20/h3-12H2,1-2H3. The summed E-state index contributed by atoms with van der Waals surface area (Å²) in [6.07, 6.45) is -0.550. The average molecular weight is 370 g/mol. The van der Waals surface area contributed by atoms with E-state index < -0.39 is 17.9 Å². The molecule has 0 spiro atoms. The van der Waals surface area contributed by atoms with Crippen LogP contribution in [0.3, 0.4) is 0 Å². The Kier molecular flexibility index (Phi) is 7.19. The van der Waals surface area contributed by atoms with E-state index in [0.717, 1.165) is 0 Å². The summed E-state index contributed by atoms with van der Waals surface area (Å²) in [6, 6.07) is 0. The molecule has 0 atom stereocenters. The Labute approximate surface area is 152 Å². The molecule has 2 fully saturated rings. The van der Waals surface area contributed by atoms with E-state index in [-0.39, 0.29) is 19.1 Å². The Hall–Kier alpha value is -2.36. The fraction of sp³-hybridized carbons (Fsp3) is 0.750. The molecule has 2 saturated heterocycles. The van der Waals surface area contributed by atoms with Crippen LogP contribution in [0.5, 0.6) is 0 Å². The highest BCUT2D eigenvalue weighted by Crippen LogP contribution is 2.07. The van der Waals surface area contributed by atoms with Gasteiger partial charge in [-0.1, -0.05) is 0 Å². The summed E-state index contributed by atoms with van der Waals surface area (Å²) in [7, 11) is 1.50. The van der Waals surface area contributed by atoms with Crippen LogP contribution in [0, 0.1) is 0 Å². The van der Waals surface area contributed by atoms with E-state index in [4.69, 9.17) is 9.47 Å². The number of ether oxygens (including phenoxy) is 2. The molecule has 2 aliphatic heterocycles. The SMILES string of the molecule is CCOC(=O)N(C)CC(=O)N1CCN(C(=O)C(=O)N2CCOCC2)CC1. The molecule has 2 aliphatic rings. The van der Waals surface area contributed by atoms with Crippen molar-refractivity contribution in [2.45, 2.75) is 6.92 Å². The fourth-order valence-electron chi connectivity index (χ4n) is 2.80. The van der Waals surface area contributed by atoms with Crippen LogP contribution < -0.4 is 0 Å². The lowest BCUT2D eigenvalue weighted by atomic mass is 10.2. The van der Waals surface area contributed by atoms with Crippen LogP contribution in [0.4, 0.5) is 4.79 Å². The van der Waals surface area contributed by atoms with Crippen LogP contribution in [0.1, 0.15) is 6.92 Å². The van der Waals surface area contributed by atoms with E-state index >= 15 is 0 Å². The van der Waals surface area contributed by atoms with Gasteiger partial charge in [-0.2, -0.15) is 0 Å². The van der Waals surface area contributed by atoms with E-state index in [1.54, 1.807) is 11.8 Å². The van der Waals surface area contributed by atoms with Crippen molar-refractivity contribution in [2.75, 3.05) is 72.7 Å². The molecule has 0 N–H and O–H groups in total. The minimum absolute atomic E-state index is 0.0838. The Balaban J connectivity index is 1.78. The van der Waals surface area contributed by atoms with Gasteiger partial charge >= 0.3 is 17.9 Å². The Bertz CT molecular complexity index is 541. The molecular formula is C16H26N4O6. The van der Waals surface area contributed by atoms with Crippen molar-refractivity contribution in [3.63, 3.8) is 0 Å². The molecule has 146 valence electrons. The lowest BCUT2D eigenvalue weighted by molar-refractivity contribution is -0.155. The van der Waals surface area contributed by atoms with Gasteiger partial charge in [-0.3, -0.25) is 14.4 Å². The smallest absolute Gasteiger partial charge is 0.409 e. The molecule has 0 aliphatic carbocycles. The highest BCUT2D eigenvalue weighted by atomic mass is 16.6. The van der Waals surface area contributed by atoms with Crippen molar-refractivity contribution in [3.8, 4) is 0 Å². The minimum atomic E-state index is -0.550. The van der Waals surface area contributed by atoms with Crippen molar-refractivity contribution in [1.29, 1.82) is 0 Å². The predicted octanol–water partition coefficient (Wildman–Crippen LogP) is -1.40. The van der Waals surface area contributed by atoms with Gasteiger partial charge in [0.1, 0.15) is 6.54 Å². The van der Waals surface area contributed by atoms with Gasteiger partial charge < -0.3 is 29.1 Å². The fourth-order valence-corrected chi connectivity index (χ4v) is 2.80. The summed E-state index contributed by atoms with van der Waals surface area (Å²) in [4.78, 5) is 54.1. The molecule has 0 unspecified atom stereocenters. The normalized spacial score (nSPS) is 17.7. The number of nitrogens with zero attached hydrogens (tertiary/aromatic N) is 4. The summed E-state index contributed by atoms with van der Waals surface area (Å²) in [5, 5.41) is 0. The lowest BCUT2D eigenvalue weighted by Gasteiger charge is -2.36. The second kappa shape index (κ2) is 9.37. The zero-order valence-corrected chi connectivity index (χ0v) is 15.3. The van der Waals surface area contributed by atoms with E-state index in [0.29, 0.717) is 52.5 Å². The number of hydrogen-bond donors (Lipinski definition) is 0. The van der Waals surface area contributed by atoms with Crippen molar-refractivity contribution in [3.05, 3.63) is 0 Å². The minimum Gasteiger partial charge on any atom is -0.450 e. The summed E-state index contributed by atoms with van der Waals surface area (Å²) in [5.74, 6) is -1.27. The number of hydrogen-bond acceptors (Lipinski definition) is 6. The molecule has 10 heteroatoms. The Morgan fingerprint density at radius 3 is 1.92 bits per heavy atom. The summed E-state index contributed by atoms with van der Waals surface area (Å²) in [6.45, 7) is 4.83. The molecule has 0 aromatic carbocycles. The molecule has 0 bridgehead atoms. The van der Waals surface area contributed by atoms with Crippen LogP contribution in [0.25, 0.3) is 0 Å². The maximum absolute atomic E-state index is 12.3. The average Bonchev–Trinajstić information content (AvgIpc) is 2.67. The first kappa shape index (κ1) is 20.0. The number of carbonyl (C=O) groups excluding carboxylic acids is 4. The first-order chi connectivity index (χ1) is 12.4. The highest BCUT2D eigenvalue weighted by Gasteiger charge is 2.31. The summed E-state index contributed by atoms with van der Waals surface area (Å²) < 4.78 is 10.0. The number of rotatable bonds is 3. The second-order valence-corrected chi connectivity index (χ2v) is 6.13. The third kappa shape index (κ3) is 5.07. The first-order valence-corrected chi connectivity index (χ1v) is 8.75. The van der Waals surface area contributed by atoms with Gasteiger partial charge in [0, 0.05) is 46.3 Å². The van der Waals surface area contributed by atoms with E-state index in [9.17, 15) is 19.2 Å². The molecule has 10 nitrogen and oxygen atoms in total. The predicted molar refractivity (Wildman–Crippen MR) is 90.2 cm³/mol. The van der Waals surface area contributed by atoms with Gasteiger partial charge in [0.05, 0.1) is 19.8 Å². The van der Waals surface area contributed by atoms with Crippen LogP contribution in [-0.4, -0.2) is 116 Å². The van der Waals surface area contributed by atoms with Crippen molar-refractivity contribution < 1.29 is 28.7 Å². The molecule has 2 heterocycles. The van der Waals surface area contributed by atoms with Crippen LogP contribution in [0.2, 0.25) is 0 Å². The Morgan fingerprint density at radius 2 is 1.38 bits per heavy atom. The van der Waals surface area contributed by atoms with Crippen molar-refractivity contribution in [1.82, 2.24) is 19.6 Å². The maximum Gasteiger partial charge on any atom is 0.409 e. The summed E-state index contributed by atoms with van der Waals surface area (Å²) in [5.41, 5.74) is 0. The monoisotopic (exact) mass is 370 g/mol. The van der Waals surface area contributed by atoms with Crippen LogP contribution in [0.15, 0.2) is 0 Å². The number of likely N-dealkylation sites (N-methyl/N-ethyl adjacent to an activating group) is 1. The molecule has 4 amide bonds. The second-order valence-electron chi connectivity index (χ2n) is 6.13. The summed E-state index contributed by atoms with van der Waals surface area (Å²) >= 11 is 0. The molecule has 0 radical (unpaired) electrons. The van der Waals surface area contributed by atoms with Gasteiger partial charge in [-0.25, -0.2) is 4.79 Å². The van der Waals surface area contributed by atoms with Gasteiger partial charge in [0.2, 0.25) is 5.91 Å². The number of piperazine rings is 1. The van der Waals surface area contributed by atoms with Gasteiger partial charge in [-0.15, -0.1) is 0 Å². The third-order valence-corrected chi connectivity index (χ3v) is 4.35. The van der Waals surface area contributed by atoms with E-state index in [2.05, 4.69) is 0 Å². The molecule has 0 saturated carbocycles. The van der Waals surface area contributed by atoms with E-state index in [1.165, 1.54) is 21.7 Å². The van der Waals surface area contributed by atoms with E-state index in [1.807, 2.05) is 0 Å². The largest absolute Gasteiger partial charge is 0.450 e. The zero-order chi connectivity index (χ0) is 19.1. The Morgan fingerprint density at radius 1 is 0.885 bits per heavy atom. The number of amides is 4. The zero-order valence-electron chi connectivity index (χ0n) is 15.3. The molecule has 0 aromatic heterocycles. The van der Waals surface area contributed by atoms with Gasteiger partial charge in [-0.05, 0) is 6.92 Å². The third-order valence-electron chi connectivity index (χ3n) is 4.35. The van der Waals surface area contributed by atoms with Crippen LogP contribution >= 0.6 is 0 Å². The van der Waals surface area contributed by atoms with Crippen molar-refractivity contribution in [2.24, 2.45) is 0 Å². The first-order valence-electron chi connectivity index (χ1n) is 8.75.